The highest BCUT2D eigenvalue weighted by Crippen LogP contribution is 2.40. The van der Waals surface area contributed by atoms with Crippen molar-refractivity contribution >= 4 is 72.4 Å². The number of hydrogen-bond donors (Lipinski definition) is 0. The van der Waals surface area contributed by atoms with Crippen molar-refractivity contribution in [3.63, 3.8) is 0 Å². The van der Waals surface area contributed by atoms with Crippen LogP contribution in [0.25, 0.3) is 66.1 Å². The summed E-state index contributed by atoms with van der Waals surface area (Å²) in [5.41, 5.74) is 11.3. The largest absolute Gasteiger partial charge is 0.309 e. The molecule has 63 heavy (non-hydrogen) atoms. The summed E-state index contributed by atoms with van der Waals surface area (Å²) in [6, 6.07) is 84.2. The predicted octanol–water partition coefficient (Wildman–Crippen LogP) is 13.0. The van der Waals surface area contributed by atoms with Gasteiger partial charge in [0.2, 0.25) is 0 Å². The number of rotatable bonds is 8. The summed E-state index contributed by atoms with van der Waals surface area (Å²) in [6.07, 6.45) is 6.63. The minimum Gasteiger partial charge on any atom is -0.309 e. The standard InChI is InChI=1S/C60H48N2Si/c1-5-17-43(18-6-1)46-33-39-55-53-25-13-15-27-57(53)62(60(55)41-46)48-36-40-59-56(42-48)54-26-14-16-28-58(54)61(59)47-34-29-44(30-35-47)45-31-37-52(38-32-45)63(49-19-7-2-8-20-49,50-21-9-3-10-22-50)51-23-11-4-12-24-51/h2-4,7-16,19-43H,1,5-6,17-18H2. The highest BCUT2D eigenvalue weighted by molar-refractivity contribution is 7.19. The number of nitrogens with zero attached hydrogens (tertiary/aromatic N) is 2. The lowest BCUT2D eigenvalue weighted by molar-refractivity contribution is 0.444. The van der Waals surface area contributed by atoms with Crippen LogP contribution in [0.3, 0.4) is 0 Å². The number of aromatic nitrogens is 2. The van der Waals surface area contributed by atoms with E-state index in [9.17, 15) is 0 Å². The van der Waals surface area contributed by atoms with Gasteiger partial charge in [-0.2, -0.15) is 0 Å². The molecule has 0 bridgehead atoms. The van der Waals surface area contributed by atoms with Gasteiger partial charge in [0.25, 0.3) is 0 Å². The Balaban J connectivity index is 0.936. The SMILES string of the molecule is c1ccc([Si](c2ccccc2)(c2ccccc2)c2ccc(-c3ccc(-n4c5ccccc5c5cc(-n6c7ccccc7c7ccc(C8CCCCC8)cc76)ccc54)cc3)cc2)cc1. The Morgan fingerprint density at radius 1 is 0.317 bits per heavy atom. The Morgan fingerprint density at radius 3 is 1.35 bits per heavy atom. The summed E-state index contributed by atoms with van der Waals surface area (Å²) in [4.78, 5) is 0. The van der Waals surface area contributed by atoms with Crippen molar-refractivity contribution in [3.05, 3.63) is 230 Å². The van der Waals surface area contributed by atoms with Crippen LogP contribution in [-0.2, 0) is 0 Å². The zero-order chi connectivity index (χ0) is 41.7. The number of hydrogen-bond acceptors (Lipinski definition) is 0. The monoisotopic (exact) mass is 824 g/mol. The van der Waals surface area contributed by atoms with Crippen LogP contribution in [0.4, 0.5) is 0 Å². The minimum atomic E-state index is -2.59. The van der Waals surface area contributed by atoms with Gasteiger partial charge in [-0.1, -0.05) is 195 Å². The molecule has 11 aromatic rings. The molecule has 0 amide bonds. The molecule has 1 aliphatic rings. The van der Waals surface area contributed by atoms with Gasteiger partial charge in [-0.05, 0) is 105 Å². The molecule has 0 aliphatic heterocycles. The van der Waals surface area contributed by atoms with Crippen LogP contribution in [-0.4, -0.2) is 17.2 Å². The van der Waals surface area contributed by atoms with E-state index in [1.807, 2.05) is 0 Å². The third kappa shape index (κ3) is 6.21. The van der Waals surface area contributed by atoms with Crippen LogP contribution in [0.15, 0.2) is 224 Å². The van der Waals surface area contributed by atoms with Crippen molar-refractivity contribution < 1.29 is 0 Å². The van der Waals surface area contributed by atoms with Gasteiger partial charge in [0.1, 0.15) is 0 Å². The summed E-state index contributed by atoms with van der Waals surface area (Å²) in [5, 5.41) is 10.7. The van der Waals surface area contributed by atoms with E-state index in [4.69, 9.17) is 0 Å². The first-order valence-corrected chi connectivity index (χ1v) is 24.7. The Kier molecular flexibility index (Phi) is 9.30. The highest BCUT2D eigenvalue weighted by Gasteiger charge is 2.41. The lowest BCUT2D eigenvalue weighted by atomic mass is 9.84. The maximum Gasteiger partial charge on any atom is 0.179 e. The van der Waals surface area contributed by atoms with Crippen LogP contribution >= 0.6 is 0 Å². The van der Waals surface area contributed by atoms with Crippen LogP contribution in [0, 0.1) is 0 Å². The van der Waals surface area contributed by atoms with E-state index in [0.717, 1.165) is 5.69 Å². The molecule has 0 N–H and O–H groups in total. The lowest BCUT2D eigenvalue weighted by Gasteiger charge is -2.34. The van der Waals surface area contributed by atoms with Gasteiger partial charge in [-0.25, -0.2) is 0 Å². The summed E-state index contributed by atoms with van der Waals surface area (Å²) < 4.78 is 4.95. The molecule has 3 heteroatoms. The Morgan fingerprint density at radius 2 is 0.762 bits per heavy atom. The van der Waals surface area contributed by atoms with Gasteiger partial charge < -0.3 is 9.13 Å². The van der Waals surface area contributed by atoms with E-state index in [1.54, 1.807) is 0 Å². The molecule has 1 fully saturated rings. The fourth-order valence-corrected chi connectivity index (χ4v) is 15.9. The van der Waals surface area contributed by atoms with Gasteiger partial charge in [0, 0.05) is 32.9 Å². The van der Waals surface area contributed by atoms with E-state index in [-0.39, 0.29) is 0 Å². The van der Waals surface area contributed by atoms with Gasteiger partial charge >= 0.3 is 0 Å². The first-order valence-electron chi connectivity index (χ1n) is 22.7. The fourth-order valence-electron chi connectivity index (χ4n) is 11.1. The summed E-state index contributed by atoms with van der Waals surface area (Å²) in [5.74, 6) is 0.654. The van der Waals surface area contributed by atoms with Gasteiger partial charge in [-0.3, -0.25) is 0 Å². The van der Waals surface area contributed by atoms with Crippen molar-refractivity contribution in [2.45, 2.75) is 38.0 Å². The van der Waals surface area contributed by atoms with E-state index >= 15 is 0 Å². The summed E-state index contributed by atoms with van der Waals surface area (Å²) >= 11 is 0. The topological polar surface area (TPSA) is 9.86 Å². The zero-order valence-electron chi connectivity index (χ0n) is 35.4. The minimum absolute atomic E-state index is 0.654. The van der Waals surface area contributed by atoms with Crippen LogP contribution in [0.5, 0.6) is 0 Å². The smallest absolute Gasteiger partial charge is 0.179 e. The van der Waals surface area contributed by atoms with E-state index in [0.29, 0.717) is 5.92 Å². The third-order valence-corrected chi connectivity index (χ3v) is 18.9. The summed E-state index contributed by atoms with van der Waals surface area (Å²) in [7, 11) is -2.59. The fraction of sp³-hybridized carbons (Fsp3) is 0.100. The number of para-hydroxylation sites is 2. The molecular formula is C60H48N2Si. The second-order valence-corrected chi connectivity index (χ2v) is 21.3. The van der Waals surface area contributed by atoms with Gasteiger partial charge in [-0.15, -0.1) is 0 Å². The van der Waals surface area contributed by atoms with Crippen molar-refractivity contribution in [2.75, 3.05) is 0 Å². The molecule has 0 spiro atoms. The molecular weight excluding hydrogens is 777 g/mol. The molecule has 0 atom stereocenters. The first kappa shape index (κ1) is 37.5. The number of fused-ring (bicyclic) bond motifs is 6. The molecule has 302 valence electrons. The zero-order valence-corrected chi connectivity index (χ0v) is 36.4. The third-order valence-electron chi connectivity index (χ3n) is 14.1. The van der Waals surface area contributed by atoms with Gasteiger partial charge in [0.15, 0.2) is 8.07 Å². The molecule has 2 aromatic heterocycles. The maximum absolute atomic E-state index is 2.59. The van der Waals surface area contributed by atoms with Gasteiger partial charge in [0.05, 0.1) is 22.1 Å². The van der Waals surface area contributed by atoms with E-state index in [2.05, 4.69) is 234 Å². The maximum atomic E-state index is 2.51. The van der Waals surface area contributed by atoms with E-state index < -0.39 is 8.07 Å². The van der Waals surface area contributed by atoms with Crippen molar-refractivity contribution in [1.29, 1.82) is 0 Å². The average Bonchev–Trinajstić information content (AvgIpc) is 3.88. The molecule has 0 radical (unpaired) electrons. The Bertz CT molecular complexity index is 3300. The van der Waals surface area contributed by atoms with E-state index in [1.165, 1.54) is 119 Å². The summed E-state index contributed by atoms with van der Waals surface area (Å²) in [6.45, 7) is 0. The number of benzene rings is 9. The quantitative estimate of drug-likeness (QED) is 0.107. The average molecular weight is 825 g/mol. The molecule has 1 saturated carbocycles. The molecule has 9 aromatic carbocycles. The normalized spacial score (nSPS) is 13.7. The van der Waals surface area contributed by atoms with Crippen LogP contribution in [0.2, 0.25) is 0 Å². The molecule has 2 nitrogen and oxygen atoms in total. The van der Waals surface area contributed by atoms with Crippen molar-refractivity contribution in [3.8, 4) is 22.5 Å². The second kappa shape index (κ2) is 15.6. The lowest BCUT2D eigenvalue weighted by Crippen LogP contribution is -2.74. The predicted molar refractivity (Wildman–Crippen MR) is 270 cm³/mol. The molecule has 1 aliphatic carbocycles. The molecule has 12 rings (SSSR count). The Hall–Kier alpha value is -7.20. The first-order chi connectivity index (χ1) is 31.3. The van der Waals surface area contributed by atoms with Crippen molar-refractivity contribution in [1.82, 2.24) is 9.13 Å². The molecule has 2 heterocycles. The molecule has 0 unspecified atom stereocenters. The highest BCUT2D eigenvalue weighted by atomic mass is 28.3. The van der Waals surface area contributed by atoms with Crippen LogP contribution < -0.4 is 20.7 Å². The van der Waals surface area contributed by atoms with Crippen molar-refractivity contribution in [2.24, 2.45) is 0 Å². The Labute approximate surface area is 370 Å². The second-order valence-electron chi connectivity index (χ2n) is 17.5. The van der Waals surface area contributed by atoms with Crippen LogP contribution in [0.1, 0.15) is 43.6 Å². The molecule has 0 saturated heterocycles.